The van der Waals surface area contributed by atoms with Crippen molar-refractivity contribution in [2.24, 2.45) is 5.92 Å². The third-order valence-electron chi connectivity index (χ3n) is 3.95. The van der Waals surface area contributed by atoms with E-state index in [4.69, 9.17) is 0 Å². The van der Waals surface area contributed by atoms with Gasteiger partial charge < -0.3 is 4.90 Å². The first-order valence-electron chi connectivity index (χ1n) is 8.15. The molecule has 0 aromatic heterocycles. The Hall–Kier alpha value is -0.220. The van der Waals surface area contributed by atoms with Crippen molar-refractivity contribution in [1.82, 2.24) is 10.2 Å². The van der Waals surface area contributed by atoms with Crippen molar-refractivity contribution in [2.45, 2.75) is 71.5 Å². The zero-order valence-corrected chi connectivity index (χ0v) is 14.5. The third-order valence-corrected chi connectivity index (χ3v) is 4.65. The first kappa shape index (κ1) is 17.8. The van der Waals surface area contributed by atoms with Gasteiger partial charge in [-0.2, -0.15) is 11.8 Å². The molecule has 1 N–H and O–H groups in total. The van der Waals surface area contributed by atoms with Gasteiger partial charge in [-0.1, -0.05) is 33.6 Å². The molecular formula is C16H32N2OS. The van der Waals surface area contributed by atoms with E-state index in [2.05, 4.69) is 37.2 Å². The Morgan fingerprint density at radius 1 is 1.25 bits per heavy atom. The lowest BCUT2D eigenvalue weighted by atomic mass is 10.1. The van der Waals surface area contributed by atoms with Crippen LogP contribution in [0.25, 0.3) is 0 Å². The van der Waals surface area contributed by atoms with Crippen LogP contribution in [0.4, 0.5) is 0 Å². The topological polar surface area (TPSA) is 32.3 Å². The Morgan fingerprint density at radius 3 is 2.55 bits per heavy atom. The highest BCUT2D eigenvalue weighted by atomic mass is 32.2. The first-order valence-corrected chi connectivity index (χ1v) is 9.55. The lowest BCUT2D eigenvalue weighted by Gasteiger charge is -2.25. The van der Waals surface area contributed by atoms with Crippen molar-refractivity contribution in [3.63, 3.8) is 0 Å². The number of carbonyl (C=O) groups is 1. The van der Waals surface area contributed by atoms with Crippen LogP contribution in [0.15, 0.2) is 0 Å². The highest BCUT2D eigenvalue weighted by molar-refractivity contribution is 7.98. The number of thioether (sulfide) groups is 1. The van der Waals surface area contributed by atoms with E-state index < -0.39 is 0 Å². The maximum atomic E-state index is 12.4. The Morgan fingerprint density at radius 2 is 1.95 bits per heavy atom. The maximum absolute atomic E-state index is 12.4. The number of nitrogens with one attached hydrogen (secondary N) is 1. The van der Waals surface area contributed by atoms with Crippen molar-refractivity contribution in [3.05, 3.63) is 0 Å². The predicted molar refractivity (Wildman–Crippen MR) is 89.0 cm³/mol. The zero-order valence-electron chi connectivity index (χ0n) is 13.7. The van der Waals surface area contributed by atoms with Crippen LogP contribution in [0, 0.1) is 5.92 Å². The summed E-state index contributed by atoms with van der Waals surface area (Å²) < 4.78 is 0. The standard InChI is InChI=1S/C16H32N2OS/c1-5-14-16(19)18(15(17-14)12-13(2)3)10-8-6-7-9-11-20-4/h13-15,17H,5-12H2,1-4H3. The molecular weight excluding hydrogens is 268 g/mol. The van der Waals surface area contributed by atoms with Gasteiger partial charge in [0.1, 0.15) is 0 Å². The van der Waals surface area contributed by atoms with Gasteiger partial charge in [0.15, 0.2) is 0 Å². The van der Waals surface area contributed by atoms with Gasteiger partial charge in [-0.3, -0.25) is 10.1 Å². The summed E-state index contributed by atoms with van der Waals surface area (Å²) in [6.07, 6.45) is 9.38. The average Bonchev–Trinajstić information content (AvgIpc) is 2.69. The summed E-state index contributed by atoms with van der Waals surface area (Å²) >= 11 is 1.92. The summed E-state index contributed by atoms with van der Waals surface area (Å²) in [6, 6.07) is 0.0511. The van der Waals surface area contributed by atoms with Gasteiger partial charge in [-0.25, -0.2) is 0 Å². The molecule has 0 aliphatic carbocycles. The van der Waals surface area contributed by atoms with Crippen molar-refractivity contribution >= 4 is 17.7 Å². The molecule has 1 saturated heterocycles. The summed E-state index contributed by atoms with van der Waals surface area (Å²) in [5.74, 6) is 2.21. The van der Waals surface area contributed by atoms with E-state index in [9.17, 15) is 4.79 Å². The molecule has 0 aromatic carbocycles. The molecule has 2 unspecified atom stereocenters. The molecule has 3 nitrogen and oxygen atoms in total. The quantitative estimate of drug-likeness (QED) is 0.627. The van der Waals surface area contributed by atoms with Crippen LogP contribution in [0.2, 0.25) is 0 Å². The first-order chi connectivity index (χ1) is 9.60. The molecule has 0 bridgehead atoms. The van der Waals surface area contributed by atoms with E-state index in [0.29, 0.717) is 11.8 Å². The summed E-state index contributed by atoms with van der Waals surface area (Å²) in [7, 11) is 0. The van der Waals surface area contributed by atoms with Gasteiger partial charge in [0.25, 0.3) is 0 Å². The predicted octanol–water partition coefficient (Wildman–Crippen LogP) is 3.49. The molecule has 4 heteroatoms. The summed E-state index contributed by atoms with van der Waals surface area (Å²) in [4.78, 5) is 14.5. The minimum absolute atomic E-state index is 0.0511. The molecule has 1 heterocycles. The fourth-order valence-electron chi connectivity index (χ4n) is 2.83. The Labute approximate surface area is 129 Å². The molecule has 1 aliphatic heterocycles. The number of hydrogen-bond acceptors (Lipinski definition) is 3. The van der Waals surface area contributed by atoms with Crippen LogP contribution in [0.1, 0.15) is 59.3 Å². The Balaban J connectivity index is 2.36. The molecule has 0 spiro atoms. The summed E-state index contributed by atoms with van der Waals surface area (Å²) in [6.45, 7) is 7.48. The van der Waals surface area contributed by atoms with Gasteiger partial charge >= 0.3 is 0 Å². The van der Waals surface area contributed by atoms with E-state index in [0.717, 1.165) is 25.8 Å². The van der Waals surface area contributed by atoms with Crippen molar-refractivity contribution < 1.29 is 4.79 Å². The molecule has 1 rings (SSSR count). The van der Waals surface area contributed by atoms with Crippen LogP contribution < -0.4 is 5.32 Å². The van der Waals surface area contributed by atoms with Gasteiger partial charge in [0, 0.05) is 6.54 Å². The molecule has 0 saturated carbocycles. The van der Waals surface area contributed by atoms with E-state index in [1.54, 1.807) is 0 Å². The van der Waals surface area contributed by atoms with Crippen molar-refractivity contribution in [1.29, 1.82) is 0 Å². The smallest absolute Gasteiger partial charge is 0.241 e. The minimum atomic E-state index is 0.0511. The number of carbonyl (C=O) groups excluding carboxylic acids is 1. The fraction of sp³-hybridized carbons (Fsp3) is 0.938. The van der Waals surface area contributed by atoms with Crippen molar-refractivity contribution in [3.8, 4) is 0 Å². The molecule has 1 aliphatic rings. The van der Waals surface area contributed by atoms with Crippen LogP contribution in [0.5, 0.6) is 0 Å². The van der Waals surface area contributed by atoms with Gasteiger partial charge in [-0.05, 0) is 43.6 Å². The molecule has 118 valence electrons. The van der Waals surface area contributed by atoms with E-state index in [1.165, 1.54) is 25.0 Å². The van der Waals surface area contributed by atoms with Gasteiger partial charge in [-0.15, -0.1) is 0 Å². The second-order valence-corrected chi connectivity index (χ2v) is 7.20. The molecule has 20 heavy (non-hydrogen) atoms. The Bertz CT molecular complexity index is 284. The van der Waals surface area contributed by atoms with Gasteiger partial charge in [0.05, 0.1) is 12.2 Å². The SMILES string of the molecule is CCC1NC(CC(C)C)N(CCCCCCSC)C1=O. The summed E-state index contributed by atoms with van der Waals surface area (Å²) in [5.41, 5.74) is 0. The fourth-order valence-corrected chi connectivity index (χ4v) is 3.32. The monoisotopic (exact) mass is 300 g/mol. The summed E-state index contributed by atoms with van der Waals surface area (Å²) in [5, 5.41) is 3.51. The lowest BCUT2D eigenvalue weighted by molar-refractivity contribution is -0.130. The molecule has 0 radical (unpaired) electrons. The lowest BCUT2D eigenvalue weighted by Crippen LogP contribution is -2.39. The number of nitrogens with zero attached hydrogens (tertiary/aromatic N) is 1. The van der Waals surface area contributed by atoms with E-state index in [1.807, 2.05) is 11.8 Å². The second-order valence-electron chi connectivity index (χ2n) is 6.21. The largest absolute Gasteiger partial charge is 0.326 e. The zero-order chi connectivity index (χ0) is 15.0. The van der Waals surface area contributed by atoms with Crippen LogP contribution in [-0.2, 0) is 4.79 Å². The van der Waals surface area contributed by atoms with E-state index >= 15 is 0 Å². The number of amides is 1. The number of rotatable bonds is 10. The molecule has 1 fully saturated rings. The van der Waals surface area contributed by atoms with Gasteiger partial charge in [0.2, 0.25) is 5.91 Å². The average molecular weight is 301 g/mol. The third kappa shape index (κ3) is 5.65. The highest BCUT2D eigenvalue weighted by Crippen LogP contribution is 2.20. The molecule has 2 atom stereocenters. The van der Waals surface area contributed by atoms with Crippen molar-refractivity contribution in [2.75, 3.05) is 18.6 Å². The highest BCUT2D eigenvalue weighted by Gasteiger charge is 2.37. The number of unbranched alkanes of at least 4 members (excludes halogenated alkanes) is 3. The van der Waals surface area contributed by atoms with Crippen LogP contribution in [-0.4, -0.2) is 41.6 Å². The van der Waals surface area contributed by atoms with Crippen LogP contribution in [0.3, 0.4) is 0 Å². The Kier molecular flexibility index (Phi) is 8.62. The second kappa shape index (κ2) is 9.67. The normalized spacial score (nSPS) is 23.1. The minimum Gasteiger partial charge on any atom is -0.326 e. The van der Waals surface area contributed by atoms with E-state index in [-0.39, 0.29) is 12.2 Å². The van der Waals surface area contributed by atoms with Crippen LogP contribution >= 0.6 is 11.8 Å². The number of hydrogen-bond donors (Lipinski definition) is 1. The maximum Gasteiger partial charge on any atom is 0.241 e. The molecule has 1 amide bonds. The molecule has 0 aromatic rings.